The quantitative estimate of drug-likeness (QED) is 0.741. The minimum atomic E-state index is -4.55. The van der Waals surface area contributed by atoms with Gasteiger partial charge in [-0.15, -0.1) is 0 Å². The average Bonchev–Trinajstić information content (AvgIpc) is 2.85. The van der Waals surface area contributed by atoms with E-state index < -0.39 is 11.7 Å². The molecule has 0 spiro atoms. The van der Waals surface area contributed by atoms with E-state index >= 15 is 0 Å². The zero-order valence-electron chi connectivity index (χ0n) is 12.0. The van der Waals surface area contributed by atoms with Crippen molar-refractivity contribution in [1.82, 2.24) is 0 Å². The molecule has 0 aliphatic carbocycles. The van der Waals surface area contributed by atoms with Gasteiger partial charge in [-0.1, -0.05) is 30.3 Å². The van der Waals surface area contributed by atoms with Gasteiger partial charge in [-0.05, 0) is 38.5 Å². The number of alkyl halides is 3. The first-order valence-corrected chi connectivity index (χ1v) is 6.49. The lowest BCUT2D eigenvalue weighted by Gasteiger charge is -2.27. The molecule has 0 aliphatic heterocycles. The second kappa shape index (κ2) is 5.39. The van der Waals surface area contributed by atoms with Crippen LogP contribution in [0.25, 0.3) is 0 Å². The summed E-state index contributed by atoms with van der Waals surface area (Å²) in [5.41, 5.74) is -1.44. The molecule has 0 unspecified atom stereocenters. The lowest BCUT2D eigenvalue weighted by Crippen LogP contribution is -2.38. The van der Waals surface area contributed by atoms with E-state index in [4.69, 9.17) is 4.42 Å². The van der Waals surface area contributed by atoms with Crippen molar-refractivity contribution in [2.24, 2.45) is 4.99 Å². The van der Waals surface area contributed by atoms with Gasteiger partial charge in [0.15, 0.2) is 0 Å². The topological polar surface area (TPSA) is 25.5 Å². The van der Waals surface area contributed by atoms with Crippen LogP contribution < -0.4 is 0 Å². The highest BCUT2D eigenvalue weighted by atomic mass is 19.4. The van der Waals surface area contributed by atoms with Crippen molar-refractivity contribution >= 4 is 5.71 Å². The second-order valence-electron chi connectivity index (χ2n) is 5.04. The highest BCUT2D eigenvalue weighted by Crippen LogP contribution is 2.43. The molecule has 1 aromatic carbocycles. The number of furan rings is 1. The van der Waals surface area contributed by atoms with E-state index in [1.165, 1.54) is 12.1 Å². The smallest absolute Gasteiger partial charge is 0.420 e. The van der Waals surface area contributed by atoms with Crippen LogP contribution >= 0.6 is 0 Å². The van der Waals surface area contributed by atoms with Gasteiger partial charge in [0.2, 0.25) is 5.54 Å². The highest BCUT2D eigenvalue weighted by molar-refractivity contribution is 5.98. The molecule has 0 radical (unpaired) electrons. The third-order valence-corrected chi connectivity index (χ3v) is 3.36. The molecule has 2 rings (SSSR count). The summed E-state index contributed by atoms with van der Waals surface area (Å²) in [5.74, 6) is 0.218. The van der Waals surface area contributed by atoms with Gasteiger partial charge in [0.1, 0.15) is 11.5 Å². The SMILES string of the molecule is CC(=N[C@@](C)(c1ccc(C)o1)C(F)(F)F)c1ccccc1. The number of nitrogens with zero attached hydrogens (tertiary/aromatic N) is 1. The fourth-order valence-electron chi connectivity index (χ4n) is 2.03. The third-order valence-electron chi connectivity index (χ3n) is 3.36. The normalized spacial score (nSPS) is 15.8. The molecule has 2 aromatic rings. The maximum absolute atomic E-state index is 13.5. The fourth-order valence-corrected chi connectivity index (χ4v) is 2.03. The molecular weight excluding hydrogens is 279 g/mol. The van der Waals surface area contributed by atoms with Crippen molar-refractivity contribution < 1.29 is 17.6 Å². The molecule has 0 aliphatic rings. The van der Waals surface area contributed by atoms with Crippen LogP contribution in [0.4, 0.5) is 13.2 Å². The molecule has 0 N–H and O–H groups in total. The van der Waals surface area contributed by atoms with Crippen LogP contribution in [0.1, 0.15) is 30.9 Å². The Bertz CT molecular complexity index is 643. The molecule has 112 valence electrons. The summed E-state index contributed by atoms with van der Waals surface area (Å²) in [5, 5.41) is 0. The van der Waals surface area contributed by atoms with Crippen molar-refractivity contribution in [2.75, 3.05) is 0 Å². The Kier molecular flexibility index (Phi) is 3.94. The largest absolute Gasteiger partial charge is 0.463 e. The van der Waals surface area contributed by atoms with Gasteiger partial charge >= 0.3 is 6.18 Å². The zero-order valence-corrected chi connectivity index (χ0v) is 12.0. The molecule has 0 saturated carbocycles. The van der Waals surface area contributed by atoms with E-state index in [-0.39, 0.29) is 5.76 Å². The molecular formula is C16H16F3NO. The molecule has 0 amide bonds. The van der Waals surface area contributed by atoms with E-state index in [1.54, 1.807) is 44.2 Å². The van der Waals surface area contributed by atoms with Crippen LogP contribution in [0.15, 0.2) is 51.9 Å². The molecule has 0 saturated heterocycles. The van der Waals surface area contributed by atoms with Gasteiger partial charge in [-0.25, -0.2) is 0 Å². The molecule has 21 heavy (non-hydrogen) atoms. The van der Waals surface area contributed by atoms with Gasteiger partial charge in [-0.2, -0.15) is 13.2 Å². The number of hydrogen-bond donors (Lipinski definition) is 0. The van der Waals surface area contributed by atoms with Crippen molar-refractivity contribution in [3.63, 3.8) is 0 Å². The van der Waals surface area contributed by atoms with Gasteiger partial charge in [0.25, 0.3) is 0 Å². The first-order valence-electron chi connectivity index (χ1n) is 6.49. The number of hydrogen-bond acceptors (Lipinski definition) is 2. The first-order chi connectivity index (χ1) is 9.74. The number of aliphatic imine (C=N–C) groups is 1. The van der Waals surface area contributed by atoms with E-state index in [0.29, 0.717) is 17.0 Å². The molecule has 0 bridgehead atoms. The Morgan fingerprint density at radius 2 is 1.67 bits per heavy atom. The molecule has 1 heterocycles. The van der Waals surface area contributed by atoms with Crippen LogP contribution in [0, 0.1) is 6.92 Å². The average molecular weight is 295 g/mol. The Morgan fingerprint density at radius 3 is 2.14 bits per heavy atom. The predicted octanol–water partition coefficient (Wildman–Crippen LogP) is 4.87. The van der Waals surface area contributed by atoms with E-state index in [0.717, 1.165) is 6.92 Å². The van der Waals surface area contributed by atoms with Gasteiger partial charge in [-0.3, -0.25) is 4.99 Å². The van der Waals surface area contributed by atoms with Gasteiger partial charge < -0.3 is 4.42 Å². The molecule has 5 heteroatoms. The van der Waals surface area contributed by atoms with E-state index in [1.807, 2.05) is 0 Å². The number of halogens is 3. The summed E-state index contributed by atoms with van der Waals surface area (Å²) in [4.78, 5) is 3.93. The van der Waals surface area contributed by atoms with Gasteiger partial charge in [0, 0.05) is 5.71 Å². The van der Waals surface area contributed by atoms with Crippen LogP contribution in [0.2, 0.25) is 0 Å². The first kappa shape index (κ1) is 15.4. The molecule has 2 nitrogen and oxygen atoms in total. The monoisotopic (exact) mass is 295 g/mol. The number of aryl methyl sites for hydroxylation is 1. The fraction of sp³-hybridized carbons (Fsp3) is 0.312. The highest BCUT2D eigenvalue weighted by Gasteiger charge is 2.55. The number of rotatable bonds is 3. The summed E-state index contributed by atoms with van der Waals surface area (Å²) in [6, 6.07) is 11.6. The van der Waals surface area contributed by atoms with Crippen molar-refractivity contribution in [3.05, 3.63) is 59.5 Å². The van der Waals surface area contributed by atoms with E-state index in [2.05, 4.69) is 4.99 Å². The van der Waals surface area contributed by atoms with Crippen LogP contribution in [0.3, 0.4) is 0 Å². The number of benzene rings is 1. The minimum absolute atomic E-state index is 0.206. The summed E-state index contributed by atoms with van der Waals surface area (Å²) in [6.45, 7) is 4.20. The lowest BCUT2D eigenvalue weighted by atomic mass is 9.98. The Balaban J connectivity index is 2.52. The zero-order chi connectivity index (χ0) is 15.7. The summed E-state index contributed by atoms with van der Waals surface area (Å²) in [7, 11) is 0. The Labute approximate surface area is 121 Å². The molecule has 1 atom stereocenters. The molecule has 0 fully saturated rings. The van der Waals surface area contributed by atoms with Gasteiger partial charge in [0.05, 0.1) is 0 Å². The summed E-state index contributed by atoms with van der Waals surface area (Å²) in [6.07, 6.45) is -4.55. The third kappa shape index (κ3) is 3.01. The predicted molar refractivity (Wildman–Crippen MR) is 75.5 cm³/mol. The molecule has 1 aromatic heterocycles. The lowest BCUT2D eigenvalue weighted by molar-refractivity contribution is -0.187. The summed E-state index contributed by atoms with van der Waals surface area (Å²) >= 11 is 0. The van der Waals surface area contributed by atoms with Crippen LogP contribution in [-0.4, -0.2) is 11.9 Å². The Hall–Kier alpha value is -2.04. The van der Waals surface area contributed by atoms with Crippen molar-refractivity contribution in [3.8, 4) is 0 Å². The standard InChI is InChI=1S/C16H16F3NO/c1-11-9-10-14(21-11)15(3,16(17,18)19)20-12(2)13-7-5-4-6-8-13/h4-10H,1-3H3/t15-/m0/s1. The maximum atomic E-state index is 13.5. The van der Waals surface area contributed by atoms with Crippen LogP contribution in [0.5, 0.6) is 0 Å². The Morgan fingerprint density at radius 1 is 1.05 bits per heavy atom. The van der Waals surface area contributed by atoms with Crippen molar-refractivity contribution in [2.45, 2.75) is 32.5 Å². The summed E-state index contributed by atoms with van der Waals surface area (Å²) < 4.78 is 45.7. The minimum Gasteiger partial charge on any atom is -0.463 e. The second-order valence-corrected chi connectivity index (χ2v) is 5.04. The van der Waals surface area contributed by atoms with Crippen molar-refractivity contribution in [1.29, 1.82) is 0 Å². The van der Waals surface area contributed by atoms with E-state index in [9.17, 15) is 13.2 Å². The maximum Gasteiger partial charge on any atom is 0.420 e. The van der Waals surface area contributed by atoms with Crippen LogP contribution in [-0.2, 0) is 5.54 Å².